The molecule has 3 nitrogen and oxygen atoms in total. The van der Waals surface area contributed by atoms with Gasteiger partial charge < -0.3 is 10.6 Å². The van der Waals surface area contributed by atoms with Gasteiger partial charge in [-0.15, -0.1) is 11.3 Å². The third-order valence-electron chi connectivity index (χ3n) is 3.52. The minimum Gasteiger partial charge on any atom is -0.352 e. The van der Waals surface area contributed by atoms with Gasteiger partial charge in [0, 0.05) is 23.4 Å². The van der Waals surface area contributed by atoms with Crippen LogP contribution in [0, 0.1) is 0 Å². The van der Waals surface area contributed by atoms with Crippen LogP contribution in [0.5, 0.6) is 0 Å². The number of rotatable bonds is 5. The molecule has 1 saturated heterocycles. The van der Waals surface area contributed by atoms with Gasteiger partial charge >= 0.3 is 0 Å². The first-order valence-electron chi connectivity index (χ1n) is 6.81. The Bertz CT molecular complexity index is 364. The van der Waals surface area contributed by atoms with Crippen molar-refractivity contribution in [3.05, 3.63) is 22.4 Å². The van der Waals surface area contributed by atoms with E-state index < -0.39 is 0 Å². The van der Waals surface area contributed by atoms with Crippen molar-refractivity contribution in [2.75, 3.05) is 6.54 Å². The van der Waals surface area contributed by atoms with Crippen molar-refractivity contribution in [3.8, 4) is 0 Å². The molecule has 18 heavy (non-hydrogen) atoms. The summed E-state index contributed by atoms with van der Waals surface area (Å²) in [5.41, 5.74) is 0. The van der Waals surface area contributed by atoms with Crippen LogP contribution in [0.25, 0.3) is 0 Å². The summed E-state index contributed by atoms with van der Waals surface area (Å²) in [4.78, 5) is 13.2. The maximum atomic E-state index is 11.8. The molecule has 100 valence electrons. The monoisotopic (exact) mass is 266 g/mol. The molecule has 0 radical (unpaired) electrons. The van der Waals surface area contributed by atoms with Crippen LogP contribution in [-0.4, -0.2) is 24.5 Å². The maximum absolute atomic E-state index is 11.8. The molecule has 2 rings (SSSR count). The van der Waals surface area contributed by atoms with Gasteiger partial charge in [-0.1, -0.05) is 6.07 Å². The molecule has 1 aliphatic heterocycles. The minimum atomic E-state index is 0.201. The zero-order chi connectivity index (χ0) is 12.8. The summed E-state index contributed by atoms with van der Waals surface area (Å²) in [7, 11) is 0. The molecule has 2 atom stereocenters. The number of amides is 1. The summed E-state index contributed by atoms with van der Waals surface area (Å²) in [5, 5.41) is 8.64. The number of nitrogens with one attached hydrogen (secondary N) is 2. The molecule has 0 spiro atoms. The minimum absolute atomic E-state index is 0.201. The standard InChI is InChI=1S/C14H22N2OS/c1-11-13(7-3-9-15-11)16-14(17)8-2-5-12-6-4-10-18-12/h4,6,10-11,13,15H,2-3,5,7-9H2,1H3,(H,16,17). The molecule has 2 unspecified atom stereocenters. The van der Waals surface area contributed by atoms with E-state index in [4.69, 9.17) is 0 Å². The van der Waals surface area contributed by atoms with Crippen molar-refractivity contribution in [2.45, 2.75) is 51.1 Å². The normalized spacial score (nSPS) is 23.8. The van der Waals surface area contributed by atoms with E-state index in [0.29, 0.717) is 18.5 Å². The van der Waals surface area contributed by atoms with E-state index in [1.165, 1.54) is 4.88 Å². The van der Waals surface area contributed by atoms with Crippen molar-refractivity contribution < 1.29 is 4.79 Å². The Morgan fingerprint density at radius 2 is 2.50 bits per heavy atom. The van der Waals surface area contributed by atoms with Crippen LogP contribution in [0.4, 0.5) is 0 Å². The largest absolute Gasteiger partial charge is 0.352 e. The lowest BCUT2D eigenvalue weighted by atomic mass is 9.99. The third-order valence-corrected chi connectivity index (χ3v) is 4.45. The molecule has 1 aromatic rings. The number of carbonyl (C=O) groups is 1. The SMILES string of the molecule is CC1NCCCC1NC(=O)CCCc1cccs1. The molecule has 1 aromatic heterocycles. The second-order valence-electron chi connectivity index (χ2n) is 4.99. The van der Waals surface area contributed by atoms with Gasteiger partial charge in [-0.05, 0) is 50.6 Å². The Morgan fingerprint density at radius 3 is 3.22 bits per heavy atom. The summed E-state index contributed by atoms with van der Waals surface area (Å²) in [6.45, 7) is 3.22. The Kier molecular flexibility index (Phi) is 5.20. The van der Waals surface area contributed by atoms with Gasteiger partial charge in [0.05, 0.1) is 0 Å². The molecular formula is C14H22N2OS. The molecule has 1 amide bonds. The fraction of sp³-hybridized carbons (Fsp3) is 0.643. The molecule has 0 aromatic carbocycles. The van der Waals surface area contributed by atoms with Crippen molar-refractivity contribution >= 4 is 17.2 Å². The number of thiophene rings is 1. The molecule has 4 heteroatoms. The van der Waals surface area contributed by atoms with E-state index in [-0.39, 0.29) is 5.91 Å². The Balaban J connectivity index is 1.65. The second kappa shape index (κ2) is 6.90. The summed E-state index contributed by atoms with van der Waals surface area (Å²) < 4.78 is 0. The fourth-order valence-electron chi connectivity index (χ4n) is 2.40. The predicted octanol–water partition coefficient (Wildman–Crippen LogP) is 2.33. The van der Waals surface area contributed by atoms with E-state index in [1.54, 1.807) is 11.3 Å². The van der Waals surface area contributed by atoms with Crippen LogP contribution in [0.1, 0.15) is 37.5 Å². The highest BCUT2D eigenvalue weighted by atomic mass is 32.1. The number of aryl methyl sites for hydroxylation is 1. The highest BCUT2D eigenvalue weighted by molar-refractivity contribution is 7.09. The van der Waals surface area contributed by atoms with Crippen LogP contribution in [0.2, 0.25) is 0 Å². The van der Waals surface area contributed by atoms with Crippen molar-refractivity contribution in [1.29, 1.82) is 0 Å². The van der Waals surface area contributed by atoms with Crippen molar-refractivity contribution in [2.24, 2.45) is 0 Å². The van der Waals surface area contributed by atoms with Crippen LogP contribution >= 0.6 is 11.3 Å². The van der Waals surface area contributed by atoms with E-state index in [9.17, 15) is 4.79 Å². The zero-order valence-electron chi connectivity index (χ0n) is 10.9. The quantitative estimate of drug-likeness (QED) is 0.859. The Labute approximate surface area is 113 Å². The highest BCUT2D eigenvalue weighted by Gasteiger charge is 2.21. The van der Waals surface area contributed by atoms with Crippen LogP contribution < -0.4 is 10.6 Å². The number of carbonyl (C=O) groups excluding carboxylic acids is 1. The molecule has 0 saturated carbocycles. The van der Waals surface area contributed by atoms with Crippen molar-refractivity contribution in [3.63, 3.8) is 0 Å². The van der Waals surface area contributed by atoms with Crippen LogP contribution in [0.3, 0.4) is 0 Å². The summed E-state index contributed by atoms with van der Waals surface area (Å²) in [6.07, 6.45) is 4.86. The van der Waals surface area contributed by atoms with Crippen molar-refractivity contribution in [1.82, 2.24) is 10.6 Å². The molecular weight excluding hydrogens is 244 g/mol. The predicted molar refractivity (Wildman–Crippen MR) is 75.9 cm³/mol. The van der Waals surface area contributed by atoms with E-state index >= 15 is 0 Å². The van der Waals surface area contributed by atoms with Crippen LogP contribution in [-0.2, 0) is 11.2 Å². The van der Waals surface area contributed by atoms with E-state index in [0.717, 1.165) is 32.2 Å². The first-order chi connectivity index (χ1) is 8.75. The molecule has 2 N–H and O–H groups in total. The lowest BCUT2D eigenvalue weighted by molar-refractivity contribution is -0.122. The summed E-state index contributed by atoms with van der Waals surface area (Å²) in [5.74, 6) is 0.201. The second-order valence-corrected chi connectivity index (χ2v) is 6.02. The average molecular weight is 266 g/mol. The summed E-state index contributed by atoms with van der Waals surface area (Å²) in [6, 6.07) is 4.92. The Hall–Kier alpha value is -0.870. The zero-order valence-corrected chi connectivity index (χ0v) is 11.8. The van der Waals surface area contributed by atoms with Gasteiger partial charge in [0.15, 0.2) is 0 Å². The lowest BCUT2D eigenvalue weighted by Crippen LogP contribution is -2.51. The van der Waals surface area contributed by atoms with E-state index in [2.05, 4.69) is 35.1 Å². The number of hydrogen-bond donors (Lipinski definition) is 2. The van der Waals surface area contributed by atoms with Gasteiger partial charge in [-0.25, -0.2) is 0 Å². The van der Waals surface area contributed by atoms with Gasteiger partial charge in [-0.2, -0.15) is 0 Å². The van der Waals surface area contributed by atoms with Gasteiger partial charge in [0.1, 0.15) is 0 Å². The molecule has 0 aliphatic carbocycles. The molecule has 1 fully saturated rings. The van der Waals surface area contributed by atoms with Gasteiger partial charge in [0.25, 0.3) is 0 Å². The maximum Gasteiger partial charge on any atom is 0.220 e. The van der Waals surface area contributed by atoms with E-state index in [1.807, 2.05) is 0 Å². The fourth-order valence-corrected chi connectivity index (χ4v) is 3.15. The summed E-state index contributed by atoms with van der Waals surface area (Å²) >= 11 is 1.77. The van der Waals surface area contributed by atoms with Gasteiger partial charge in [0.2, 0.25) is 5.91 Å². The molecule has 1 aliphatic rings. The number of hydrogen-bond acceptors (Lipinski definition) is 3. The topological polar surface area (TPSA) is 41.1 Å². The number of piperidine rings is 1. The lowest BCUT2D eigenvalue weighted by Gasteiger charge is -2.30. The third kappa shape index (κ3) is 4.10. The molecule has 2 heterocycles. The average Bonchev–Trinajstić information content (AvgIpc) is 2.85. The smallest absolute Gasteiger partial charge is 0.220 e. The van der Waals surface area contributed by atoms with Crippen LogP contribution in [0.15, 0.2) is 17.5 Å². The van der Waals surface area contributed by atoms with Gasteiger partial charge in [-0.3, -0.25) is 4.79 Å². The first-order valence-corrected chi connectivity index (χ1v) is 7.69. The molecule has 0 bridgehead atoms. The Morgan fingerprint density at radius 1 is 1.61 bits per heavy atom. The first kappa shape index (κ1) is 13.6. The highest BCUT2D eigenvalue weighted by Crippen LogP contribution is 2.12.